The molecular formula is C9H15NO2. The molecule has 2 aliphatic rings. The Hall–Kier alpha value is -0.570. The van der Waals surface area contributed by atoms with Crippen LogP contribution in [0.3, 0.4) is 0 Å². The minimum atomic E-state index is -0.630. The van der Waals surface area contributed by atoms with Gasteiger partial charge in [-0.3, -0.25) is 4.79 Å². The molecule has 0 bridgehead atoms. The first kappa shape index (κ1) is 8.05. The number of rotatable bonds is 4. The molecule has 2 aliphatic carbocycles. The number of carbonyl (C=O) groups is 1. The maximum atomic E-state index is 10.6. The number of carboxylic acids is 1. The van der Waals surface area contributed by atoms with Crippen molar-refractivity contribution in [2.75, 3.05) is 6.54 Å². The molecule has 2 N–H and O–H groups in total. The molecule has 0 aromatic rings. The van der Waals surface area contributed by atoms with Gasteiger partial charge in [0.25, 0.3) is 0 Å². The minimum Gasteiger partial charge on any atom is -0.481 e. The van der Waals surface area contributed by atoms with Gasteiger partial charge in [-0.05, 0) is 38.1 Å². The molecule has 12 heavy (non-hydrogen) atoms. The monoisotopic (exact) mass is 169 g/mol. The van der Waals surface area contributed by atoms with Gasteiger partial charge >= 0.3 is 5.97 Å². The molecule has 0 aliphatic heterocycles. The van der Waals surface area contributed by atoms with E-state index in [1.165, 1.54) is 12.8 Å². The summed E-state index contributed by atoms with van der Waals surface area (Å²) in [7, 11) is 0. The van der Waals surface area contributed by atoms with Crippen LogP contribution >= 0.6 is 0 Å². The standard InChI is InChI=1S/C9H15NO2/c11-9(12)7-3-4-8(7)10-5-6-1-2-6/h6-8,10H,1-5H2,(H,11,12). The molecule has 0 amide bonds. The van der Waals surface area contributed by atoms with Crippen LogP contribution in [0.5, 0.6) is 0 Å². The van der Waals surface area contributed by atoms with E-state index < -0.39 is 5.97 Å². The smallest absolute Gasteiger partial charge is 0.308 e. The lowest BCUT2D eigenvalue weighted by atomic mass is 9.79. The minimum absolute atomic E-state index is 0.108. The molecule has 2 rings (SSSR count). The van der Waals surface area contributed by atoms with E-state index >= 15 is 0 Å². The second kappa shape index (κ2) is 3.05. The average molecular weight is 169 g/mol. The van der Waals surface area contributed by atoms with Crippen LogP contribution in [0.15, 0.2) is 0 Å². The average Bonchev–Trinajstić information content (AvgIpc) is 2.67. The highest BCUT2D eigenvalue weighted by atomic mass is 16.4. The first-order valence-corrected chi connectivity index (χ1v) is 4.73. The summed E-state index contributed by atoms with van der Waals surface area (Å²) in [6.45, 7) is 1.04. The number of carboxylic acid groups (broad SMARTS) is 1. The third kappa shape index (κ3) is 1.61. The van der Waals surface area contributed by atoms with E-state index in [1.807, 2.05) is 0 Å². The fourth-order valence-electron chi connectivity index (χ4n) is 1.68. The van der Waals surface area contributed by atoms with Crippen LogP contribution in [-0.2, 0) is 4.79 Å². The fourth-order valence-corrected chi connectivity index (χ4v) is 1.68. The predicted molar refractivity (Wildman–Crippen MR) is 44.9 cm³/mol. The zero-order chi connectivity index (χ0) is 8.55. The van der Waals surface area contributed by atoms with Gasteiger partial charge in [0.2, 0.25) is 0 Å². The van der Waals surface area contributed by atoms with Gasteiger partial charge in [0.05, 0.1) is 5.92 Å². The van der Waals surface area contributed by atoms with Crippen molar-refractivity contribution >= 4 is 5.97 Å². The molecule has 0 radical (unpaired) electrons. The zero-order valence-corrected chi connectivity index (χ0v) is 7.12. The Morgan fingerprint density at radius 1 is 1.33 bits per heavy atom. The molecule has 2 atom stereocenters. The van der Waals surface area contributed by atoms with Gasteiger partial charge in [0.15, 0.2) is 0 Å². The normalized spacial score (nSPS) is 34.3. The molecule has 3 nitrogen and oxygen atoms in total. The fraction of sp³-hybridized carbons (Fsp3) is 0.889. The maximum Gasteiger partial charge on any atom is 0.308 e. The molecule has 0 heterocycles. The SMILES string of the molecule is O=C(O)C1CCC1NCC1CC1. The number of aliphatic carboxylic acids is 1. The van der Waals surface area contributed by atoms with Crippen LogP contribution < -0.4 is 5.32 Å². The van der Waals surface area contributed by atoms with Gasteiger partial charge in [-0.25, -0.2) is 0 Å². The number of hydrogen-bond donors (Lipinski definition) is 2. The highest BCUT2D eigenvalue weighted by Crippen LogP contribution is 2.31. The van der Waals surface area contributed by atoms with Crippen molar-refractivity contribution in [3.8, 4) is 0 Å². The van der Waals surface area contributed by atoms with E-state index in [9.17, 15) is 4.79 Å². The summed E-state index contributed by atoms with van der Waals surface area (Å²) in [6, 6.07) is 0.267. The first-order chi connectivity index (χ1) is 5.77. The van der Waals surface area contributed by atoms with Gasteiger partial charge < -0.3 is 10.4 Å². The van der Waals surface area contributed by atoms with Crippen molar-refractivity contribution in [3.05, 3.63) is 0 Å². The summed E-state index contributed by atoms with van der Waals surface area (Å²) in [4.78, 5) is 10.6. The molecule has 2 unspecified atom stereocenters. The summed E-state index contributed by atoms with van der Waals surface area (Å²) in [6.07, 6.45) is 4.57. The lowest BCUT2D eigenvalue weighted by molar-refractivity contribution is -0.146. The Kier molecular flexibility index (Phi) is 2.05. The lowest BCUT2D eigenvalue weighted by Gasteiger charge is -2.34. The maximum absolute atomic E-state index is 10.6. The van der Waals surface area contributed by atoms with E-state index in [2.05, 4.69) is 5.32 Å². The topological polar surface area (TPSA) is 49.3 Å². The van der Waals surface area contributed by atoms with Crippen LogP contribution in [-0.4, -0.2) is 23.7 Å². The largest absolute Gasteiger partial charge is 0.481 e. The Morgan fingerprint density at radius 2 is 2.08 bits per heavy atom. The number of hydrogen-bond acceptors (Lipinski definition) is 2. The van der Waals surface area contributed by atoms with Gasteiger partial charge in [0, 0.05) is 6.04 Å². The summed E-state index contributed by atoms with van der Waals surface area (Å²) >= 11 is 0. The van der Waals surface area contributed by atoms with Crippen LogP contribution in [0, 0.1) is 11.8 Å². The van der Waals surface area contributed by atoms with Gasteiger partial charge in [0.1, 0.15) is 0 Å². The van der Waals surface area contributed by atoms with Gasteiger partial charge in [-0.15, -0.1) is 0 Å². The van der Waals surface area contributed by atoms with E-state index in [4.69, 9.17) is 5.11 Å². The highest BCUT2D eigenvalue weighted by molar-refractivity contribution is 5.72. The Labute approximate surface area is 72.2 Å². The second-order valence-electron chi connectivity index (χ2n) is 3.98. The Balaban J connectivity index is 1.69. The molecular weight excluding hydrogens is 154 g/mol. The van der Waals surface area contributed by atoms with Crippen molar-refractivity contribution in [2.24, 2.45) is 11.8 Å². The van der Waals surface area contributed by atoms with Gasteiger partial charge in [-0.1, -0.05) is 0 Å². The Bertz CT molecular complexity index is 189. The molecule has 68 valence electrons. The highest BCUT2D eigenvalue weighted by Gasteiger charge is 2.37. The zero-order valence-electron chi connectivity index (χ0n) is 7.12. The summed E-state index contributed by atoms with van der Waals surface area (Å²) < 4.78 is 0. The van der Waals surface area contributed by atoms with E-state index in [-0.39, 0.29) is 12.0 Å². The molecule has 0 saturated heterocycles. The third-order valence-electron chi connectivity index (χ3n) is 2.96. The summed E-state index contributed by atoms with van der Waals surface area (Å²) in [5.74, 6) is 0.110. The third-order valence-corrected chi connectivity index (χ3v) is 2.96. The van der Waals surface area contributed by atoms with Crippen molar-refractivity contribution < 1.29 is 9.90 Å². The van der Waals surface area contributed by atoms with E-state index in [1.54, 1.807) is 0 Å². The second-order valence-corrected chi connectivity index (χ2v) is 3.98. The van der Waals surface area contributed by atoms with Crippen LogP contribution in [0.2, 0.25) is 0 Å². The predicted octanol–water partition coefficient (Wildman–Crippen LogP) is 0.849. The Morgan fingerprint density at radius 3 is 2.50 bits per heavy atom. The lowest BCUT2D eigenvalue weighted by Crippen LogP contribution is -2.48. The van der Waals surface area contributed by atoms with Crippen molar-refractivity contribution in [3.63, 3.8) is 0 Å². The molecule has 3 heteroatoms. The molecule has 2 fully saturated rings. The molecule has 2 saturated carbocycles. The van der Waals surface area contributed by atoms with Crippen LogP contribution in [0.25, 0.3) is 0 Å². The summed E-state index contributed by atoms with van der Waals surface area (Å²) in [5.41, 5.74) is 0. The van der Waals surface area contributed by atoms with E-state index in [0.717, 1.165) is 25.3 Å². The number of nitrogens with one attached hydrogen (secondary N) is 1. The quantitative estimate of drug-likeness (QED) is 0.656. The first-order valence-electron chi connectivity index (χ1n) is 4.73. The van der Waals surface area contributed by atoms with Crippen LogP contribution in [0.1, 0.15) is 25.7 Å². The van der Waals surface area contributed by atoms with Crippen LogP contribution in [0.4, 0.5) is 0 Å². The molecule has 0 spiro atoms. The molecule has 0 aromatic heterocycles. The van der Waals surface area contributed by atoms with E-state index in [0.29, 0.717) is 0 Å². The van der Waals surface area contributed by atoms with Crippen molar-refractivity contribution in [1.82, 2.24) is 5.32 Å². The molecule has 0 aromatic carbocycles. The van der Waals surface area contributed by atoms with Gasteiger partial charge in [-0.2, -0.15) is 0 Å². The van der Waals surface area contributed by atoms with Crippen molar-refractivity contribution in [1.29, 1.82) is 0 Å². The van der Waals surface area contributed by atoms with Crippen molar-refractivity contribution in [2.45, 2.75) is 31.7 Å². The summed E-state index contributed by atoms with van der Waals surface area (Å²) in [5, 5.41) is 12.1.